The average molecular weight is 422 g/mol. The van der Waals surface area contributed by atoms with Gasteiger partial charge in [0.05, 0.1) is 12.9 Å². The van der Waals surface area contributed by atoms with E-state index in [1.54, 1.807) is 18.4 Å². The molecule has 10 nitrogen and oxygen atoms in total. The minimum atomic E-state index is -0.255. The Kier molecular flexibility index (Phi) is 6.23. The van der Waals surface area contributed by atoms with E-state index in [4.69, 9.17) is 14.9 Å². The average Bonchev–Trinajstić information content (AvgIpc) is 3.37. The maximum absolute atomic E-state index is 12.0. The number of hydrogen-bond donors (Lipinski definition) is 1. The van der Waals surface area contributed by atoms with Gasteiger partial charge in [0.1, 0.15) is 11.9 Å². The number of ether oxygens (including phenoxy) is 1. The molecule has 1 aliphatic rings. The minimum Gasteiger partial charge on any atom is -0.465 e. The molecule has 156 valence electrons. The highest BCUT2D eigenvalue weighted by molar-refractivity contribution is 5.85. The van der Waals surface area contributed by atoms with Crippen LogP contribution in [0.3, 0.4) is 0 Å². The van der Waals surface area contributed by atoms with Gasteiger partial charge in [-0.25, -0.2) is 4.98 Å². The lowest BCUT2D eigenvalue weighted by atomic mass is 10.2. The van der Waals surface area contributed by atoms with Gasteiger partial charge in [-0.05, 0) is 26.0 Å². The third-order valence-corrected chi connectivity index (χ3v) is 4.89. The Morgan fingerprint density at radius 3 is 2.72 bits per heavy atom. The van der Waals surface area contributed by atoms with Crippen molar-refractivity contribution in [3.8, 4) is 11.6 Å². The summed E-state index contributed by atoms with van der Waals surface area (Å²) in [6.07, 6.45) is 1.57. The van der Waals surface area contributed by atoms with Crippen molar-refractivity contribution < 1.29 is 13.9 Å². The Bertz CT molecular complexity index is 967. The highest BCUT2D eigenvalue weighted by Crippen LogP contribution is 2.22. The summed E-state index contributed by atoms with van der Waals surface area (Å²) in [4.78, 5) is 25.2. The van der Waals surface area contributed by atoms with Crippen molar-refractivity contribution in [1.82, 2.24) is 24.5 Å². The predicted octanol–water partition coefficient (Wildman–Crippen LogP) is 1.46. The van der Waals surface area contributed by atoms with E-state index in [0.29, 0.717) is 23.8 Å². The Morgan fingerprint density at radius 1 is 1.31 bits per heavy atom. The van der Waals surface area contributed by atoms with E-state index in [0.717, 1.165) is 32.0 Å². The van der Waals surface area contributed by atoms with E-state index < -0.39 is 0 Å². The van der Waals surface area contributed by atoms with Gasteiger partial charge in [0.15, 0.2) is 11.4 Å². The molecule has 3 aromatic heterocycles. The molecule has 0 bridgehead atoms. The van der Waals surface area contributed by atoms with Crippen molar-refractivity contribution in [3.05, 3.63) is 24.5 Å². The molecule has 1 fully saturated rings. The number of halogens is 1. The predicted molar refractivity (Wildman–Crippen MR) is 110 cm³/mol. The lowest BCUT2D eigenvalue weighted by Crippen LogP contribution is -2.52. The third kappa shape index (κ3) is 4.13. The quantitative estimate of drug-likeness (QED) is 0.611. The zero-order chi connectivity index (χ0) is 19.7. The molecule has 0 spiro atoms. The van der Waals surface area contributed by atoms with E-state index >= 15 is 0 Å². The van der Waals surface area contributed by atoms with Crippen molar-refractivity contribution in [1.29, 1.82) is 0 Å². The molecule has 3 aromatic rings. The van der Waals surface area contributed by atoms with Gasteiger partial charge in [-0.3, -0.25) is 9.69 Å². The van der Waals surface area contributed by atoms with Crippen LogP contribution in [-0.2, 0) is 9.53 Å². The summed E-state index contributed by atoms with van der Waals surface area (Å²) >= 11 is 0. The number of esters is 1. The molecule has 11 heteroatoms. The van der Waals surface area contributed by atoms with Gasteiger partial charge in [0.25, 0.3) is 0 Å². The van der Waals surface area contributed by atoms with Crippen LogP contribution in [0.15, 0.2) is 28.9 Å². The highest BCUT2D eigenvalue weighted by Gasteiger charge is 2.27. The minimum absolute atomic E-state index is 0. The Morgan fingerprint density at radius 2 is 2.07 bits per heavy atom. The largest absolute Gasteiger partial charge is 0.465 e. The van der Waals surface area contributed by atoms with E-state index in [1.807, 2.05) is 19.9 Å². The van der Waals surface area contributed by atoms with Crippen LogP contribution in [0, 0.1) is 0 Å². The smallest absolute Gasteiger partial charge is 0.323 e. The number of rotatable bonds is 5. The number of nitrogen functional groups attached to an aromatic ring is 1. The first-order valence-corrected chi connectivity index (χ1v) is 9.29. The van der Waals surface area contributed by atoms with E-state index in [-0.39, 0.29) is 30.4 Å². The normalized spacial score (nSPS) is 15.9. The molecular weight excluding hydrogens is 398 g/mol. The van der Waals surface area contributed by atoms with Crippen molar-refractivity contribution in [2.45, 2.75) is 19.9 Å². The van der Waals surface area contributed by atoms with Gasteiger partial charge in [0, 0.05) is 32.2 Å². The van der Waals surface area contributed by atoms with Crippen LogP contribution in [0.1, 0.15) is 13.8 Å². The van der Waals surface area contributed by atoms with Crippen molar-refractivity contribution >= 4 is 35.8 Å². The van der Waals surface area contributed by atoms with Crippen LogP contribution in [0.5, 0.6) is 0 Å². The molecule has 1 saturated heterocycles. The Hall–Kier alpha value is -2.85. The fourth-order valence-electron chi connectivity index (χ4n) is 3.32. The molecule has 4 heterocycles. The topological polar surface area (TPSA) is 115 Å². The lowest BCUT2D eigenvalue weighted by Gasteiger charge is -2.37. The van der Waals surface area contributed by atoms with Gasteiger partial charge in [-0.2, -0.15) is 9.50 Å². The number of piperazine rings is 1. The van der Waals surface area contributed by atoms with Crippen LogP contribution in [0.4, 0.5) is 11.8 Å². The second kappa shape index (κ2) is 8.66. The summed E-state index contributed by atoms with van der Waals surface area (Å²) < 4.78 is 12.0. The number of aromatic nitrogens is 4. The fourth-order valence-corrected chi connectivity index (χ4v) is 3.32. The van der Waals surface area contributed by atoms with E-state index in [2.05, 4.69) is 24.9 Å². The standard InChI is InChI=1S/C18H23N7O3.ClH/c1-3-27-17(26)12(2)23-6-8-24(9-7-23)14-11-15-20-16(13-5-4-10-28-13)22-25(15)18(19)21-14;/h4-5,10-12H,3,6-9H2,1-2H3,(H2,19,21);1H. The maximum atomic E-state index is 12.0. The highest BCUT2D eigenvalue weighted by atomic mass is 35.5. The molecule has 1 unspecified atom stereocenters. The van der Waals surface area contributed by atoms with Crippen LogP contribution >= 0.6 is 12.4 Å². The maximum Gasteiger partial charge on any atom is 0.323 e. The van der Waals surface area contributed by atoms with Crippen LogP contribution < -0.4 is 10.6 Å². The van der Waals surface area contributed by atoms with E-state index in [9.17, 15) is 4.79 Å². The van der Waals surface area contributed by atoms with Gasteiger partial charge < -0.3 is 19.8 Å². The second-order valence-corrected chi connectivity index (χ2v) is 6.61. The molecule has 29 heavy (non-hydrogen) atoms. The molecule has 0 aliphatic carbocycles. The summed E-state index contributed by atoms with van der Waals surface area (Å²) in [5, 5.41) is 4.36. The molecule has 0 aromatic carbocycles. The van der Waals surface area contributed by atoms with Gasteiger partial charge in [-0.1, -0.05) is 0 Å². The molecule has 0 radical (unpaired) electrons. The van der Waals surface area contributed by atoms with Crippen LogP contribution in [-0.4, -0.2) is 69.3 Å². The van der Waals surface area contributed by atoms with Crippen molar-refractivity contribution in [2.75, 3.05) is 43.4 Å². The Balaban J connectivity index is 0.00000240. The van der Waals surface area contributed by atoms with Gasteiger partial charge in [-0.15, -0.1) is 17.5 Å². The number of nitrogens with zero attached hydrogens (tertiary/aromatic N) is 6. The molecule has 4 rings (SSSR count). The summed E-state index contributed by atoms with van der Waals surface area (Å²) in [6.45, 7) is 7.01. The van der Waals surface area contributed by atoms with Gasteiger partial charge >= 0.3 is 5.97 Å². The number of hydrogen-bond acceptors (Lipinski definition) is 9. The SMILES string of the molecule is CCOC(=O)C(C)N1CCN(c2cc3nc(-c4ccco4)nn3c(N)n2)CC1.Cl. The second-order valence-electron chi connectivity index (χ2n) is 6.61. The van der Waals surface area contributed by atoms with Gasteiger partial charge in [0.2, 0.25) is 11.8 Å². The zero-order valence-corrected chi connectivity index (χ0v) is 17.1. The first-order chi connectivity index (χ1) is 13.6. The molecular formula is C18H24ClN7O3. The summed E-state index contributed by atoms with van der Waals surface area (Å²) in [7, 11) is 0. The number of nitrogens with two attached hydrogens (primary N) is 1. The number of carbonyl (C=O) groups excluding carboxylic acids is 1. The Labute approximate surface area is 174 Å². The molecule has 0 amide bonds. The zero-order valence-electron chi connectivity index (χ0n) is 16.3. The summed E-state index contributed by atoms with van der Waals surface area (Å²) in [5.41, 5.74) is 6.71. The number of anilines is 2. The number of fused-ring (bicyclic) bond motifs is 1. The molecule has 2 N–H and O–H groups in total. The number of carbonyl (C=O) groups is 1. The lowest BCUT2D eigenvalue weighted by molar-refractivity contribution is -0.149. The summed E-state index contributed by atoms with van der Waals surface area (Å²) in [5.74, 6) is 1.86. The third-order valence-electron chi connectivity index (χ3n) is 4.89. The van der Waals surface area contributed by atoms with Crippen LogP contribution in [0.25, 0.3) is 17.2 Å². The van der Waals surface area contributed by atoms with E-state index in [1.165, 1.54) is 4.52 Å². The fraction of sp³-hybridized carbons (Fsp3) is 0.444. The molecule has 1 aliphatic heterocycles. The molecule has 0 saturated carbocycles. The van der Waals surface area contributed by atoms with Crippen molar-refractivity contribution in [2.24, 2.45) is 0 Å². The first kappa shape index (κ1) is 20.9. The monoisotopic (exact) mass is 421 g/mol. The molecule has 1 atom stereocenters. The van der Waals surface area contributed by atoms with Crippen LogP contribution in [0.2, 0.25) is 0 Å². The van der Waals surface area contributed by atoms with Crippen molar-refractivity contribution in [3.63, 3.8) is 0 Å². The summed E-state index contributed by atoms with van der Waals surface area (Å²) in [6, 6.07) is 5.18. The number of furan rings is 1. The first-order valence-electron chi connectivity index (χ1n) is 9.29.